The second-order valence-corrected chi connectivity index (χ2v) is 6.02. The van der Waals surface area contributed by atoms with Gasteiger partial charge in [-0.3, -0.25) is 0 Å². The topological polar surface area (TPSA) is 29.9 Å². The Hall–Kier alpha value is -1.61. The van der Waals surface area contributed by atoms with Crippen LogP contribution in [0.1, 0.15) is 36.4 Å². The van der Waals surface area contributed by atoms with Gasteiger partial charge in [0.05, 0.1) is 11.4 Å². The predicted molar refractivity (Wildman–Crippen MR) is 89.2 cm³/mol. The number of rotatable bonds is 6. The molecule has 0 saturated heterocycles. The fourth-order valence-electron chi connectivity index (χ4n) is 2.79. The van der Waals surface area contributed by atoms with Crippen molar-refractivity contribution in [2.75, 3.05) is 13.1 Å². The van der Waals surface area contributed by atoms with E-state index in [4.69, 9.17) is 5.10 Å². The Morgan fingerprint density at radius 1 is 1.24 bits per heavy atom. The van der Waals surface area contributed by atoms with Crippen molar-refractivity contribution in [3.63, 3.8) is 0 Å². The molecule has 0 bridgehead atoms. The molecule has 1 atom stereocenters. The highest BCUT2D eigenvalue weighted by atomic mass is 15.3. The Balaban J connectivity index is 2.25. The minimum absolute atomic E-state index is 0.623. The minimum Gasteiger partial charge on any atom is -0.317 e. The van der Waals surface area contributed by atoms with Gasteiger partial charge in [-0.25, -0.2) is 4.68 Å². The first kappa shape index (κ1) is 15.8. The fourth-order valence-corrected chi connectivity index (χ4v) is 2.79. The zero-order valence-corrected chi connectivity index (χ0v) is 13.9. The van der Waals surface area contributed by atoms with Crippen LogP contribution in [0.5, 0.6) is 0 Å². The first-order valence-electron chi connectivity index (χ1n) is 7.85. The molecule has 0 aliphatic carbocycles. The van der Waals surface area contributed by atoms with E-state index < -0.39 is 0 Å². The lowest BCUT2D eigenvalue weighted by Crippen LogP contribution is -2.22. The number of benzene rings is 1. The maximum Gasteiger partial charge on any atom is 0.0651 e. The van der Waals surface area contributed by atoms with Crippen LogP contribution in [-0.2, 0) is 6.42 Å². The zero-order chi connectivity index (χ0) is 15.4. The normalized spacial score (nSPS) is 12.6. The van der Waals surface area contributed by atoms with Crippen molar-refractivity contribution >= 4 is 0 Å². The SMILES string of the molecule is CCNCC(C)Cc1c(C)nn(-c2cccc(C)c2)c1C. The smallest absolute Gasteiger partial charge is 0.0651 e. The molecule has 1 N–H and O–H groups in total. The predicted octanol–water partition coefficient (Wildman–Crippen LogP) is 3.59. The summed E-state index contributed by atoms with van der Waals surface area (Å²) in [7, 11) is 0. The van der Waals surface area contributed by atoms with Gasteiger partial charge in [-0.1, -0.05) is 26.0 Å². The summed E-state index contributed by atoms with van der Waals surface area (Å²) >= 11 is 0. The van der Waals surface area contributed by atoms with E-state index in [-0.39, 0.29) is 0 Å². The molecule has 1 heterocycles. The number of aryl methyl sites for hydroxylation is 2. The molecule has 21 heavy (non-hydrogen) atoms. The Morgan fingerprint density at radius 2 is 2.00 bits per heavy atom. The van der Waals surface area contributed by atoms with Crippen molar-refractivity contribution < 1.29 is 0 Å². The van der Waals surface area contributed by atoms with Gasteiger partial charge in [0.15, 0.2) is 0 Å². The molecule has 0 fully saturated rings. The molecule has 2 rings (SSSR count). The van der Waals surface area contributed by atoms with Gasteiger partial charge in [0.2, 0.25) is 0 Å². The number of nitrogens with one attached hydrogen (secondary N) is 1. The summed E-state index contributed by atoms with van der Waals surface area (Å²) in [5, 5.41) is 8.18. The van der Waals surface area contributed by atoms with Crippen LogP contribution in [0.25, 0.3) is 5.69 Å². The van der Waals surface area contributed by atoms with Crippen molar-refractivity contribution in [3.05, 3.63) is 46.8 Å². The van der Waals surface area contributed by atoms with Crippen molar-refractivity contribution in [2.24, 2.45) is 5.92 Å². The van der Waals surface area contributed by atoms with Crippen molar-refractivity contribution in [1.29, 1.82) is 0 Å². The Bertz CT molecular complexity index is 599. The third-order valence-electron chi connectivity index (χ3n) is 3.98. The van der Waals surface area contributed by atoms with Crippen molar-refractivity contribution in [2.45, 2.75) is 41.0 Å². The number of nitrogens with zero attached hydrogens (tertiary/aromatic N) is 2. The lowest BCUT2D eigenvalue weighted by atomic mass is 9.99. The van der Waals surface area contributed by atoms with Crippen molar-refractivity contribution in [3.8, 4) is 5.69 Å². The third kappa shape index (κ3) is 3.73. The highest BCUT2D eigenvalue weighted by Crippen LogP contribution is 2.21. The summed E-state index contributed by atoms with van der Waals surface area (Å²) < 4.78 is 2.08. The fraction of sp³-hybridized carbons (Fsp3) is 0.500. The van der Waals surface area contributed by atoms with Crippen LogP contribution in [0.3, 0.4) is 0 Å². The summed E-state index contributed by atoms with van der Waals surface area (Å²) in [6, 6.07) is 8.52. The lowest BCUT2D eigenvalue weighted by Gasteiger charge is -2.12. The van der Waals surface area contributed by atoms with Gasteiger partial charge in [-0.05, 0) is 69.5 Å². The number of hydrogen-bond donors (Lipinski definition) is 1. The Kier molecular flexibility index (Phi) is 5.18. The van der Waals surface area contributed by atoms with Crippen LogP contribution in [-0.4, -0.2) is 22.9 Å². The molecular weight excluding hydrogens is 258 g/mol. The minimum atomic E-state index is 0.623. The van der Waals surface area contributed by atoms with Gasteiger partial charge in [-0.2, -0.15) is 5.10 Å². The van der Waals surface area contributed by atoms with E-state index in [2.05, 4.69) is 68.9 Å². The van der Waals surface area contributed by atoms with Crippen LogP contribution in [0.15, 0.2) is 24.3 Å². The zero-order valence-electron chi connectivity index (χ0n) is 13.9. The van der Waals surface area contributed by atoms with Crippen LogP contribution >= 0.6 is 0 Å². The molecule has 0 radical (unpaired) electrons. The average Bonchev–Trinajstić information content (AvgIpc) is 2.73. The van der Waals surface area contributed by atoms with Crippen LogP contribution < -0.4 is 5.32 Å². The molecular formula is C18H27N3. The number of aromatic nitrogens is 2. The van der Waals surface area contributed by atoms with Gasteiger partial charge in [0.25, 0.3) is 0 Å². The first-order chi connectivity index (χ1) is 10.0. The third-order valence-corrected chi connectivity index (χ3v) is 3.98. The maximum atomic E-state index is 4.75. The first-order valence-corrected chi connectivity index (χ1v) is 7.85. The molecule has 2 aromatic rings. The molecule has 0 saturated carbocycles. The monoisotopic (exact) mass is 285 g/mol. The standard InChI is InChI=1S/C18H27N3/c1-6-19-12-14(3)11-18-15(4)20-21(16(18)5)17-9-7-8-13(2)10-17/h7-10,14,19H,6,11-12H2,1-5H3. The van der Waals surface area contributed by atoms with E-state index in [1.807, 2.05) is 0 Å². The van der Waals surface area contributed by atoms with Crippen molar-refractivity contribution in [1.82, 2.24) is 15.1 Å². The molecule has 0 spiro atoms. The lowest BCUT2D eigenvalue weighted by molar-refractivity contribution is 0.519. The average molecular weight is 285 g/mol. The van der Waals surface area contributed by atoms with Gasteiger partial charge in [-0.15, -0.1) is 0 Å². The second kappa shape index (κ2) is 6.90. The van der Waals surface area contributed by atoms with Gasteiger partial charge in [0, 0.05) is 5.69 Å². The molecule has 0 aliphatic heterocycles. The Labute approximate surface area is 128 Å². The van der Waals surface area contributed by atoms with E-state index in [1.165, 1.54) is 16.8 Å². The second-order valence-electron chi connectivity index (χ2n) is 6.02. The van der Waals surface area contributed by atoms with Crippen LogP contribution in [0.2, 0.25) is 0 Å². The van der Waals surface area contributed by atoms with E-state index in [0.717, 1.165) is 30.9 Å². The summed E-state index contributed by atoms with van der Waals surface area (Å²) in [6.45, 7) is 13.0. The molecule has 0 amide bonds. The molecule has 1 aromatic carbocycles. The molecule has 1 aromatic heterocycles. The van der Waals surface area contributed by atoms with E-state index in [0.29, 0.717) is 5.92 Å². The Morgan fingerprint density at radius 3 is 2.67 bits per heavy atom. The quantitative estimate of drug-likeness (QED) is 0.879. The molecule has 1 unspecified atom stereocenters. The molecule has 3 nitrogen and oxygen atoms in total. The van der Waals surface area contributed by atoms with Crippen LogP contribution in [0.4, 0.5) is 0 Å². The van der Waals surface area contributed by atoms with Gasteiger partial charge in [0.1, 0.15) is 0 Å². The van der Waals surface area contributed by atoms with Gasteiger partial charge < -0.3 is 5.32 Å². The summed E-state index contributed by atoms with van der Waals surface area (Å²) in [5.74, 6) is 0.623. The molecule has 3 heteroatoms. The van der Waals surface area contributed by atoms with E-state index in [9.17, 15) is 0 Å². The summed E-state index contributed by atoms with van der Waals surface area (Å²) in [6.07, 6.45) is 1.08. The molecule has 0 aliphatic rings. The maximum absolute atomic E-state index is 4.75. The van der Waals surface area contributed by atoms with Gasteiger partial charge >= 0.3 is 0 Å². The largest absolute Gasteiger partial charge is 0.317 e. The summed E-state index contributed by atoms with van der Waals surface area (Å²) in [5.41, 5.74) is 6.23. The molecule has 114 valence electrons. The van der Waals surface area contributed by atoms with E-state index in [1.54, 1.807) is 0 Å². The summed E-state index contributed by atoms with van der Waals surface area (Å²) in [4.78, 5) is 0. The van der Waals surface area contributed by atoms with Crippen LogP contribution in [0, 0.1) is 26.7 Å². The number of hydrogen-bond acceptors (Lipinski definition) is 2. The highest BCUT2D eigenvalue weighted by Gasteiger charge is 2.15. The highest BCUT2D eigenvalue weighted by molar-refractivity contribution is 5.39. The van der Waals surface area contributed by atoms with E-state index >= 15 is 0 Å².